The Morgan fingerprint density at radius 2 is 2.12 bits per heavy atom. The molecule has 1 aliphatic heterocycles. The van der Waals surface area contributed by atoms with Crippen molar-refractivity contribution in [2.45, 2.75) is 19.3 Å². The lowest BCUT2D eigenvalue weighted by Gasteiger charge is -2.59. The lowest BCUT2D eigenvalue weighted by molar-refractivity contribution is -0.0919. The van der Waals surface area contributed by atoms with Crippen LogP contribution >= 0.6 is 11.6 Å². The van der Waals surface area contributed by atoms with E-state index in [1.165, 1.54) is 36.2 Å². The van der Waals surface area contributed by atoms with Gasteiger partial charge in [0.2, 0.25) is 0 Å². The Hall–Kier alpha value is -1.43. The summed E-state index contributed by atoms with van der Waals surface area (Å²) in [7, 11) is 1.66. The summed E-state index contributed by atoms with van der Waals surface area (Å²) in [6.45, 7) is 4.16. The van der Waals surface area contributed by atoms with Gasteiger partial charge in [-0.15, -0.1) is 0 Å². The summed E-state index contributed by atoms with van der Waals surface area (Å²) >= 11 is 6.26. The molecule has 24 heavy (non-hydrogen) atoms. The first-order valence-corrected chi connectivity index (χ1v) is 8.95. The summed E-state index contributed by atoms with van der Waals surface area (Å²) in [5.74, 6) is 0.693. The second-order valence-corrected chi connectivity index (χ2v) is 7.95. The van der Waals surface area contributed by atoms with E-state index in [1.54, 1.807) is 13.2 Å². The van der Waals surface area contributed by atoms with E-state index in [0.29, 0.717) is 21.7 Å². The largest absolute Gasteiger partial charge is 0.329 e. The molecule has 2 aliphatic rings. The van der Waals surface area contributed by atoms with Crippen molar-refractivity contribution >= 4 is 22.4 Å². The van der Waals surface area contributed by atoms with Crippen LogP contribution in [0.4, 0.5) is 0 Å². The van der Waals surface area contributed by atoms with E-state index in [4.69, 9.17) is 17.3 Å². The van der Waals surface area contributed by atoms with Gasteiger partial charge in [0.25, 0.3) is 5.56 Å². The third-order valence-electron chi connectivity index (χ3n) is 5.67. The van der Waals surface area contributed by atoms with Crippen LogP contribution in [0.15, 0.2) is 23.1 Å². The van der Waals surface area contributed by atoms with Gasteiger partial charge < -0.3 is 10.6 Å². The van der Waals surface area contributed by atoms with Crippen LogP contribution in [0.2, 0.25) is 5.02 Å². The zero-order chi connectivity index (χ0) is 16.9. The first-order chi connectivity index (χ1) is 11.5. The third kappa shape index (κ3) is 2.55. The van der Waals surface area contributed by atoms with Gasteiger partial charge in [0.05, 0.1) is 16.6 Å². The van der Waals surface area contributed by atoms with E-state index < -0.39 is 0 Å². The second kappa shape index (κ2) is 5.83. The van der Waals surface area contributed by atoms with Crippen molar-refractivity contribution in [1.82, 2.24) is 14.7 Å². The highest BCUT2D eigenvalue weighted by Gasteiger charge is 2.51. The summed E-state index contributed by atoms with van der Waals surface area (Å²) in [6, 6.07) is 3.90. The fourth-order valence-corrected chi connectivity index (χ4v) is 4.90. The number of rotatable bonds is 4. The number of halogens is 1. The molecule has 5 nitrogen and oxygen atoms in total. The number of likely N-dealkylation sites (tertiary alicyclic amines) is 1. The van der Waals surface area contributed by atoms with Crippen molar-refractivity contribution in [2.24, 2.45) is 24.1 Å². The molecular weight excluding hydrogens is 324 g/mol. The van der Waals surface area contributed by atoms with Crippen molar-refractivity contribution in [3.8, 4) is 0 Å². The molecule has 2 aromatic rings. The molecular formula is C18H23ClN4O. The minimum Gasteiger partial charge on any atom is -0.329 e. The number of hydrogen-bond acceptors (Lipinski definition) is 4. The highest BCUT2D eigenvalue weighted by Crippen LogP contribution is 2.52. The molecule has 1 saturated carbocycles. The lowest BCUT2D eigenvalue weighted by Crippen LogP contribution is -2.63. The molecule has 1 saturated heterocycles. The smallest absolute Gasteiger partial charge is 0.275 e. The van der Waals surface area contributed by atoms with Gasteiger partial charge in [-0.1, -0.05) is 17.7 Å². The van der Waals surface area contributed by atoms with Crippen LogP contribution in [0.1, 0.15) is 18.4 Å². The van der Waals surface area contributed by atoms with Crippen molar-refractivity contribution in [3.05, 3.63) is 39.3 Å². The predicted octanol–water partition coefficient (Wildman–Crippen LogP) is 1.80. The van der Waals surface area contributed by atoms with Crippen LogP contribution in [0, 0.1) is 11.3 Å². The Morgan fingerprint density at radius 3 is 2.83 bits per heavy atom. The van der Waals surface area contributed by atoms with Gasteiger partial charge in [-0.2, -0.15) is 5.10 Å². The van der Waals surface area contributed by atoms with Gasteiger partial charge in [-0.25, -0.2) is 4.68 Å². The van der Waals surface area contributed by atoms with E-state index in [0.717, 1.165) is 24.9 Å². The summed E-state index contributed by atoms with van der Waals surface area (Å²) in [6.07, 6.45) is 5.33. The molecule has 1 spiro atoms. The maximum absolute atomic E-state index is 12.3. The lowest BCUT2D eigenvalue weighted by atomic mass is 9.56. The van der Waals surface area contributed by atoms with Gasteiger partial charge in [-0.05, 0) is 42.2 Å². The number of nitrogens with two attached hydrogens (primary N) is 1. The highest BCUT2D eigenvalue weighted by molar-refractivity contribution is 6.35. The molecule has 0 amide bonds. The Morgan fingerprint density at radius 1 is 1.38 bits per heavy atom. The molecule has 2 N–H and O–H groups in total. The fourth-order valence-electron chi connectivity index (χ4n) is 4.66. The molecule has 0 radical (unpaired) electrons. The van der Waals surface area contributed by atoms with E-state index >= 15 is 0 Å². The zero-order valence-corrected chi connectivity index (χ0v) is 14.7. The number of aromatic nitrogens is 2. The van der Waals surface area contributed by atoms with Crippen molar-refractivity contribution in [1.29, 1.82) is 0 Å². The van der Waals surface area contributed by atoms with Crippen molar-refractivity contribution in [2.75, 3.05) is 26.2 Å². The number of benzene rings is 1. The normalized spacial score (nSPS) is 20.3. The Bertz CT molecular complexity index is 833. The summed E-state index contributed by atoms with van der Waals surface area (Å²) in [5, 5.41) is 6.19. The van der Waals surface area contributed by atoms with E-state index in [1.807, 2.05) is 6.07 Å². The van der Waals surface area contributed by atoms with Crippen LogP contribution < -0.4 is 11.3 Å². The average Bonchev–Trinajstić information content (AvgIpc) is 2.48. The van der Waals surface area contributed by atoms with Crippen LogP contribution in [-0.4, -0.2) is 40.9 Å². The minimum absolute atomic E-state index is 0.124. The number of aryl methyl sites for hydroxylation is 1. The molecule has 4 rings (SSSR count). The van der Waals surface area contributed by atoms with E-state index in [9.17, 15) is 4.79 Å². The summed E-state index contributed by atoms with van der Waals surface area (Å²) in [4.78, 5) is 14.8. The molecule has 0 bridgehead atoms. The van der Waals surface area contributed by atoms with E-state index in [-0.39, 0.29) is 5.56 Å². The van der Waals surface area contributed by atoms with Gasteiger partial charge >= 0.3 is 0 Å². The molecule has 6 heteroatoms. The van der Waals surface area contributed by atoms with Crippen LogP contribution in [0.25, 0.3) is 10.8 Å². The van der Waals surface area contributed by atoms with Gasteiger partial charge in [0.15, 0.2) is 0 Å². The molecule has 0 unspecified atom stereocenters. The highest BCUT2D eigenvalue weighted by atomic mass is 35.5. The van der Waals surface area contributed by atoms with Crippen molar-refractivity contribution < 1.29 is 0 Å². The van der Waals surface area contributed by atoms with Crippen LogP contribution in [-0.2, 0) is 13.5 Å². The van der Waals surface area contributed by atoms with Gasteiger partial charge in [0, 0.05) is 38.6 Å². The molecule has 1 aromatic carbocycles. The first kappa shape index (κ1) is 16.1. The Kier molecular flexibility index (Phi) is 3.90. The molecule has 1 aliphatic carbocycles. The predicted molar refractivity (Wildman–Crippen MR) is 96.3 cm³/mol. The quantitative estimate of drug-likeness (QED) is 0.917. The van der Waals surface area contributed by atoms with Gasteiger partial charge in [-0.3, -0.25) is 4.79 Å². The SMILES string of the molecule is Cn1ncc2c(CC3CC4(C3)CN(CCN)C4)ccc(Cl)c2c1=O. The number of fused-ring (bicyclic) bond motifs is 1. The third-order valence-corrected chi connectivity index (χ3v) is 5.98. The standard InChI is InChI=1S/C18H23ClN4O/c1-22-17(24)16-14(9-21-22)13(2-3-15(16)19)6-12-7-18(8-12)10-23(11-18)5-4-20/h2-3,9,12H,4-8,10-11,20H2,1H3. The second-order valence-electron chi connectivity index (χ2n) is 7.55. The Labute approximate surface area is 146 Å². The molecule has 2 heterocycles. The first-order valence-electron chi connectivity index (χ1n) is 8.57. The molecule has 128 valence electrons. The maximum Gasteiger partial charge on any atom is 0.275 e. The van der Waals surface area contributed by atoms with Crippen LogP contribution in [0.3, 0.4) is 0 Å². The summed E-state index contributed by atoms with van der Waals surface area (Å²) < 4.78 is 1.34. The molecule has 1 aromatic heterocycles. The molecule has 2 fully saturated rings. The number of nitrogens with zero attached hydrogens (tertiary/aromatic N) is 3. The van der Waals surface area contributed by atoms with Crippen LogP contribution in [0.5, 0.6) is 0 Å². The number of hydrogen-bond donors (Lipinski definition) is 1. The Balaban J connectivity index is 1.50. The molecule has 0 atom stereocenters. The van der Waals surface area contributed by atoms with Gasteiger partial charge in [0.1, 0.15) is 0 Å². The average molecular weight is 347 g/mol. The van der Waals surface area contributed by atoms with E-state index in [2.05, 4.69) is 16.1 Å². The fraction of sp³-hybridized carbons (Fsp3) is 0.556. The topological polar surface area (TPSA) is 64.2 Å². The summed E-state index contributed by atoms with van der Waals surface area (Å²) in [5.41, 5.74) is 7.22. The van der Waals surface area contributed by atoms with Crippen molar-refractivity contribution in [3.63, 3.8) is 0 Å². The monoisotopic (exact) mass is 346 g/mol. The maximum atomic E-state index is 12.3. The zero-order valence-electron chi connectivity index (χ0n) is 14.0. The minimum atomic E-state index is -0.124.